The van der Waals surface area contributed by atoms with Gasteiger partial charge in [0.1, 0.15) is 5.69 Å². The van der Waals surface area contributed by atoms with E-state index in [-0.39, 0.29) is 17.5 Å². The van der Waals surface area contributed by atoms with Crippen molar-refractivity contribution in [2.75, 3.05) is 13.6 Å². The van der Waals surface area contributed by atoms with E-state index in [1.807, 2.05) is 30.3 Å². The summed E-state index contributed by atoms with van der Waals surface area (Å²) in [5, 5.41) is 5.42. The third-order valence-corrected chi connectivity index (χ3v) is 4.06. The smallest absolute Gasteiger partial charge is 0.269 e. The first-order valence-electron chi connectivity index (χ1n) is 8.68. The number of nitrogens with zero attached hydrogens (tertiary/aromatic N) is 2. The number of pyridine rings is 1. The van der Waals surface area contributed by atoms with Crippen LogP contribution in [0.4, 0.5) is 0 Å². The van der Waals surface area contributed by atoms with Gasteiger partial charge in [0.2, 0.25) is 0 Å². The zero-order valence-electron chi connectivity index (χ0n) is 15.0. The number of nitrogens with one attached hydrogen (secondary N) is 3. The molecule has 0 radical (unpaired) electrons. The second kappa shape index (κ2) is 8.75. The van der Waals surface area contributed by atoms with Gasteiger partial charge in [0.05, 0.1) is 6.33 Å². The van der Waals surface area contributed by atoms with Crippen molar-refractivity contribution < 1.29 is 9.59 Å². The third-order valence-electron chi connectivity index (χ3n) is 4.06. The van der Waals surface area contributed by atoms with Gasteiger partial charge in [-0.05, 0) is 17.7 Å². The lowest BCUT2D eigenvalue weighted by Gasteiger charge is -2.09. The van der Waals surface area contributed by atoms with Crippen molar-refractivity contribution in [1.29, 1.82) is 0 Å². The lowest BCUT2D eigenvalue weighted by Crippen LogP contribution is -2.27. The zero-order chi connectivity index (χ0) is 19.1. The number of hydrogen-bond donors (Lipinski definition) is 3. The van der Waals surface area contributed by atoms with Gasteiger partial charge in [0, 0.05) is 49.6 Å². The van der Waals surface area contributed by atoms with E-state index in [4.69, 9.17) is 0 Å². The van der Waals surface area contributed by atoms with Gasteiger partial charge in [-0.15, -0.1) is 0 Å². The van der Waals surface area contributed by atoms with E-state index >= 15 is 0 Å². The Hall–Kier alpha value is -3.48. The summed E-state index contributed by atoms with van der Waals surface area (Å²) in [4.78, 5) is 35.9. The summed E-state index contributed by atoms with van der Waals surface area (Å²) in [6.07, 6.45) is 4.52. The molecule has 0 aliphatic carbocycles. The molecule has 0 bridgehead atoms. The number of carbonyl (C=O) groups is 2. The van der Waals surface area contributed by atoms with Crippen LogP contribution in [0.2, 0.25) is 0 Å². The molecule has 3 aromatic rings. The molecule has 0 atom stereocenters. The van der Waals surface area contributed by atoms with Crippen LogP contribution in [-0.4, -0.2) is 40.4 Å². The highest BCUT2D eigenvalue weighted by atomic mass is 16.2. The van der Waals surface area contributed by atoms with Gasteiger partial charge in [-0.25, -0.2) is 9.97 Å². The summed E-state index contributed by atoms with van der Waals surface area (Å²) in [6.45, 7) is 0.465. The molecule has 2 aromatic heterocycles. The van der Waals surface area contributed by atoms with E-state index in [0.29, 0.717) is 30.6 Å². The molecular weight excluding hydrogens is 342 g/mol. The van der Waals surface area contributed by atoms with Gasteiger partial charge in [-0.1, -0.05) is 30.3 Å². The van der Waals surface area contributed by atoms with Crippen molar-refractivity contribution in [3.63, 3.8) is 0 Å². The van der Waals surface area contributed by atoms with Crippen molar-refractivity contribution in [1.82, 2.24) is 25.6 Å². The summed E-state index contributed by atoms with van der Waals surface area (Å²) >= 11 is 0. The van der Waals surface area contributed by atoms with Crippen LogP contribution >= 0.6 is 0 Å². The molecule has 1 aromatic carbocycles. The average Bonchev–Trinajstić information content (AvgIpc) is 3.21. The third kappa shape index (κ3) is 5.01. The molecule has 0 unspecified atom stereocenters. The highest BCUT2D eigenvalue weighted by Crippen LogP contribution is 2.12. The molecule has 2 heterocycles. The number of imidazole rings is 1. The van der Waals surface area contributed by atoms with E-state index in [2.05, 4.69) is 25.6 Å². The van der Waals surface area contributed by atoms with Gasteiger partial charge >= 0.3 is 0 Å². The Labute approximate surface area is 157 Å². The minimum atomic E-state index is -0.323. The van der Waals surface area contributed by atoms with Crippen LogP contribution in [0.5, 0.6) is 0 Å². The first kappa shape index (κ1) is 18.3. The number of amides is 2. The molecule has 2 amide bonds. The van der Waals surface area contributed by atoms with Crippen LogP contribution in [0.3, 0.4) is 0 Å². The fraction of sp³-hybridized carbons (Fsp3) is 0.200. The Kier molecular flexibility index (Phi) is 5.94. The summed E-state index contributed by atoms with van der Waals surface area (Å²) in [5.41, 5.74) is 3.32. The van der Waals surface area contributed by atoms with Crippen LogP contribution in [0.25, 0.3) is 0 Å². The molecule has 138 valence electrons. The number of aromatic amines is 1. The van der Waals surface area contributed by atoms with E-state index in [1.165, 1.54) is 13.1 Å². The summed E-state index contributed by atoms with van der Waals surface area (Å²) < 4.78 is 0. The molecule has 3 rings (SSSR count). The Balaban J connectivity index is 1.76. The van der Waals surface area contributed by atoms with Gasteiger partial charge in [0.15, 0.2) is 0 Å². The quantitative estimate of drug-likeness (QED) is 0.595. The van der Waals surface area contributed by atoms with Crippen LogP contribution in [-0.2, 0) is 12.8 Å². The summed E-state index contributed by atoms with van der Waals surface area (Å²) in [7, 11) is 1.54. The molecule has 0 saturated heterocycles. The Morgan fingerprint density at radius 1 is 1.11 bits per heavy atom. The largest absolute Gasteiger partial charge is 0.354 e. The Morgan fingerprint density at radius 3 is 2.63 bits per heavy atom. The lowest BCUT2D eigenvalue weighted by atomic mass is 10.1. The molecule has 27 heavy (non-hydrogen) atoms. The van der Waals surface area contributed by atoms with Gasteiger partial charge in [0.25, 0.3) is 11.8 Å². The minimum Gasteiger partial charge on any atom is -0.354 e. The molecule has 7 heteroatoms. The van der Waals surface area contributed by atoms with E-state index in [1.54, 1.807) is 18.6 Å². The average molecular weight is 363 g/mol. The predicted octanol–water partition coefficient (Wildman–Crippen LogP) is 1.73. The highest BCUT2D eigenvalue weighted by molar-refractivity contribution is 5.98. The maximum atomic E-state index is 12.5. The van der Waals surface area contributed by atoms with Crippen LogP contribution in [0.1, 0.15) is 37.8 Å². The van der Waals surface area contributed by atoms with Crippen LogP contribution < -0.4 is 10.6 Å². The Morgan fingerprint density at radius 2 is 1.93 bits per heavy atom. The number of H-pyrrole nitrogens is 1. The van der Waals surface area contributed by atoms with E-state index < -0.39 is 0 Å². The van der Waals surface area contributed by atoms with Crippen molar-refractivity contribution in [3.8, 4) is 0 Å². The topological polar surface area (TPSA) is 99.8 Å². The number of aromatic nitrogens is 3. The van der Waals surface area contributed by atoms with Crippen molar-refractivity contribution in [2.24, 2.45) is 0 Å². The first-order chi connectivity index (χ1) is 13.2. The van der Waals surface area contributed by atoms with Gasteiger partial charge < -0.3 is 15.6 Å². The van der Waals surface area contributed by atoms with E-state index in [9.17, 15) is 9.59 Å². The predicted molar refractivity (Wildman–Crippen MR) is 102 cm³/mol. The Bertz CT molecular complexity index is 907. The standard InChI is InChI=1S/C20H21N5O2/c1-21-20(27)18-11-15(19(26)23-8-7-16-12-22-13-24-16)10-17(25-18)9-14-5-3-2-4-6-14/h2-6,10-13H,7-9H2,1H3,(H,21,27)(H,22,24)(H,23,26). The maximum Gasteiger partial charge on any atom is 0.269 e. The number of benzene rings is 1. The fourth-order valence-electron chi connectivity index (χ4n) is 2.69. The maximum absolute atomic E-state index is 12.5. The molecule has 3 N–H and O–H groups in total. The fourth-order valence-corrected chi connectivity index (χ4v) is 2.69. The van der Waals surface area contributed by atoms with Gasteiger partial charge in [-0.2, -0.15) is 0 Å². The molecule has 7 nitrogen and oxygen atoms in total. The monoisotopic (exact) mass is 363 g/mol. The van der Waals surface area contributed by atoms with Crippen molar-refractivity contribution >= 4 is 11.8 Å². The highest BCUT2D eigenvalue weighted by Gasteiger charge is 2.14. The van der Waals surface area contributed by atoms with Gasteiger partial charge in [-0.3, -0.25) is 9.59 Å². The van der Waals surface area contributed by atoms with Crippen molar-refractivity contribution in [3.05, 3.63) is 83.2 Å². The van der Waals surface area contributed by atoms with E-state index in [0.717, 1.165) is 11.3 Å². The minimum absolute atomic E-state index is 0.227. The molecule has 0 aliphatic rings. The molecule has 0 saturated carbocycles. The lowest BCUT2D eigenvalue weighted by molar-refractivity contribution is 0.0954. The van der Waals surface area contributed by atoms with Crippen LogP contribution in [0.15, 0.2) is 55.0 Å². The van der Waals surface area contributed by atoms with Crippen LogP contribution in [0, 0.1) is 0 Å². The molecular formula is C20H21N5O2. The van der Waals surface area contributed by atoms with Crippen molar-refractivity contribution in [2.45, 2.75) is 12.8 Å². The molecule has 0 fully saturated rings. The second-order valence-corrected chi connectivity index (χ2v) is 6.06. The number of carbonyl (C=O) groups excluding carboxylic acids is 2. The number of rotatable bonds is 7. The first-order valence-corrected chi connectivity index (χ1v) is 8.68. The zero-order valence-corrected chi connectivity index (χ0v) is 15.0. The molecule has 0 spiro atoms. The normalized spacial score (nSPS) is 10.4. The summed E-state index contributed by atoms with van der Waals surface area (Å²) in [5.74, 6) is -0.562. The second-order valence-electron chi connectivity index (χ2n) is 6.06. The summed E-state index contributed by atoms with van der Waals surface area (Å²) in [6, 6.07) is 13.0. The SMILES string of the molecule is CNC(=O)c1cc(C(=O)NCCc2cnc[nH]2)cc(Cc2ccccc2)n1. The molecule has 0 aliphatic heterocycles. The number of hydrogen-bond acceptors (Lipinski definition) is 4.